The van der Waals surface area contributed by atoms with Gasteiger partial charge in [-0.3, -0.25) is 4.99 Å². The molecule has 138 valence electrons. The van der Waals surface area contributed by atoms with E-state index in [-0.39, 0.29) is 18.2 Å². The summed E-state index contributed by atoms with van der Waals surface area (Å²) < 4.78 is 4.98. The number of ether oxygens (including phenoxy) is 1. The van der Waals surface area contributed by atoms with E-state index in [1.54, 1.807) is 14.0 Å². The Labute approximate surface area is 154 Å². The first-order chi connectivity index (χ1) is 12.0. The fourth-order valence-electron chi connectivity index (χ4n) is 2.60. The number of alkyl carbamates (subject to hydrolysis) is 1. The van der Waals surface area contributed by atoms with Crippen LogP contribution in [0.5, 0.6) is 0 Å². The zero-order chi connectivity index (χ0) is 18.2. The minimum absolute atomic E-state index is 0.0449. The van der Waals surface area contributed by atoms with Crippen LogP contribution >= 0.6 is 11.6 Å². The predicted octanol–water partition coefficient (Wildman–Crippen LogP) is 3.09. The zero-order valence-electron chi connectivity index (χ0n) is 15.0. The molecule has 0 radical (unpaired) electrons. The van der Waals surface area contributed by atoms with Crippen LogP contribution in [0.1, 0.15) is 38.3 Å². The molecule has 1 aliphatic carbocycles. The molecule has 1 fully saturated rings. The molecule has 0 spiro atoms. The van der Waals surface area contributed by atoms with Gasteiger partial charge in [0, 0.05) is 18.6 Å². The summed E-state index contributed by atoms with van der Waals surface area (Å²) in [4.78, 5) is 15.9. The third kappa shape index (κ3) is 6.46. The fraction of sp³-hybridized carbons (Fsp3) is 0.556. The lowest BCUT2D eigenvalue weighted by molar-refractivity contribution is 0.146. The maximum atomic E-state index is 11.7. The number of hydrogen-bond donors (Lipinski definition) is 3. The first-order valence-corrected chi connectivity index (χ1v) is 9.07. The summed E-state index contributed by atoms with van der Waals surface area (Å²) in [5, 5.41) is 10.3. The Balaban J connectivity index is 1.85. The number of nitrogens with one attached hydrogen (secondary N) is 3. The molecule has 1 saturated carbocycles. The van der Waals surface area contributed by atoms with Crippen LogP contribution in [0.15, 0.2) is 29.3 Å². The van der Waals surface area contributed by atoms with Gasteiger partial charge in [-0.2, -0.15) is 0 Å². The number of benzene rings is 1. The average Bonchev–Trinajstić information content (AvgIpc) is 3.43. The van der Waals surface area contributed by atoms with Crippen LogP contribution in [-0.4, -0.2) is 38.3 Å². The van der Waals surface area contributed by atoms with E-state index >= 15 is 0 Å². The molecule has 0 aromatic heterocycles. The van der Waals surface area contributed by atoms with Crippen LogP contribution in [0.25, 0.3) is 0 Å². The van der Waals surface area contributed by atoms with E-state index in [0.717, 1.165) is 23.4 Å². The number of rotatable bonds is 7. The maximum Gasteiger partial charge on any atom is 0.407 e. The van der Waals surface area contributed by atoms with Crippen molar-refractivity contribution in [2.75, 3.05) is 20.2 Å². The number of amides is 1. The summed E-state index contributed by atoms with van der Waals surface area (Å²) in [6.07, 6.45) is 1.90. The van der Waals surface area contributed by atoms with Gasteiger partial charge in [0.15, 0.2) is 5.96 Å². The van der Waals surface area contributed by atoms with Crippen LogP contribution < -0.4 is 16.0 Å². The summed E-state index contributed by atoms with van der Waals surface area (Å²) in [5.74, 6) is 1.20. The largest absolute Gasteiger partial charge is 0.450 e. The van der Waals surface area contributed by atoms with Crippen molar-refractivity contribution >= 4 is 23.7 Å². The Kier molecular flexibility index (Phi) is 7.37. The fourth-order valence-corrected chi connectivity index (χ4v) is 2.73. The van der Waals surface area contributed by atoms with Gasteiger partial charge in [-0.15, -0.1) is 0 Å². The molecular formula is C18H27ClN4O2. The monoisotopic (exact) mass is 366 g/mol. The molecule has 2 unspecified atom stereocenters. The first-order valence-electron chi connectivity index (χ1n) is 8.69. The Morgan fingerprint density at radius 3 is 2.56 bits per heavy atom. The summed E-state index contributed by atoms with van der Waals surface area (Å²) in [6, 6.07) is 7.85. The number of hydrogen-bond acceptors (Lipinski definition) is 3. The molecule has 3 N–H and O–H groups in total. The van der Waals surface area contributed by atoms with E-state index in [1.807, 2.05) is 24.3 Å². The molecule has 0 saturated heterocycles. The van der Waals surface area contributed by atoms with Crippen molar-refractivity contribution in [3.63, 3.8) is 0 Å². The lowest BCUT2D eigenvalue weighted by Crippen LogP contribution is -2.48. The van der Waals surface area contributed by atoms with Gasteiger partial charge >= 0.3 is 6.09 Å². The third-order valence-corrected chi connectivity index (χ3v) is 4.46. The lowest BCUT2D eigenvalue weighted by atomic mass is 10.1. The molecule has 2 rings (SSSR count). The highest BCUT2D eigenvalue weighted by molar-refractivity contribution is 6.30. The summed E-state index contributed by atoms with van der Waals surface area (Å²) in [5.41, 5.74) is 1.12. The average molecular weight is 367 g/mol. The van der Waals surface area contributed by atoms with E-state index < -0.39 is 0 Å². The van der Waals surface area contributed by atoms with Gasteiger partial charge in [0.05, 0.1) is 18.7 Å². The maximum absolute atomic E-state index is 11.7. The normalized spacial score (nSPS) is 16.7. The quantitative estimate of drug-likeness (QED) is 0.512. The van der Waals surface area contributed by atoms with Crippen LogP contribution in [0.3, 0.4) is 0 Å². The lowest BCUT2D eigenvalue weighted by Gasteiger charge is -2.22. The Morgan fingerprint density at radius 1 is 1.32 bits per heavy atom. The van der Waals surface area contributed by atoms with Gasteiger partial charge in [-0.05, 0) is 50.3 Å². The first kappa shape index (κ1) is 19.4. The second kappa shape index (κ2) is 9.51. The number of carbonyl (C=O) groups excluding carboxylic acids is 1. The van der Waals surface area contributed by atoms with E-state index in [1.165, 1.54) is 0 Å². The molecule has 0 aliphatic heterocycles. The van der Waals surface area contributed by atoms with Crippen LogP contribution in [-0.2, 0) is 4.74 Å². The highest BCUT2D eigenvalue weighted by atomic mass is 35.5. The zero-order valence-corrected chi connectivity index (χ0v) is 15.8. The van der Waals surface area contributed by atoms with Gasteiger partial charge in [-0.25, -0.2) is 4.79 Å². The third-order valence-electron chi connectivity index (χ3n) is 4.21. The second-order valence-corrected chi connectivity index (χ2v) is 6.62. The van der Waals surface area contributed by atoms with Crippen LogP contribution in [0.2, 0.25) is 5.02 Å². The molecular weight excluding hydrogens is 340 g/mol. The van der Waals surface area contributed by atoms with E-state index in [0.29, 0.717) is 25.0 Å². The van der Waals surface area contributed by atoms with Crippen molar-refractivity contribution in [3.8, 4) is 0 Å². The van der Waals surface area contributed by atoms with Gasteiger partial charge in [0.1, 0.15) is 0 Å². The van der Waals surface area contributed by atoms with E-state index in [4.69, 9.17) is 16.3 Å². The van der Waals surface area contributed by atoms with Crippen molar-refractivity contribution in [1.29, 1.82) is 0 Å². The van der Waals surface area contributed by atoms with Crippen molar-refractivity contribution in [2.45, 2.75) is 38.8 Å². The minimum Gasteiger partial charge on any atom is -0.450 e. The topological polar surface area (TPSA) is 74.8 Å². The SMILES string of the molecule is CCOC(=O)NC(CNC(=NC)NC(C)c1ccc(Cl)cc1)C1CC1. The molecule has 2 atom stereocenters. The summed E-state index contributed by atoms with van der Waals surface area (Å²) >= 11 is 5.93. The minimum atomic E-state index is -0.362. The molecule has 1 amide bonds. The highest BCUT2D eigenvalue weighted by Gasteiger charge is 2.32. The molecule has 1 aromatic rings. The number of halogens is 1. The molecule has 25 heavy (non-hydrogen) atoms. The predicted molar refractivity (Wildman–Crippen MR) is 101 cm³/mol. The number of aliphatic imine (C=N–C) groups is 1. The Bertz CT molecular complexity index is 587. The molecule has 7 heteroatoms. The molecule has 1 aromatic carbocycles. The molecule has 0 bridgehead atoms. The van der Waals surface area contributed by atoms with Crippen molar-refractivity contribution < 1.29 is 9.53 Å². The Morgan fingerprint density at radius 2 is 2.00 bits per heavy atom. The van der Waals surface area contributed by atoms with E-state index in [9.17, 15) is 4.79 Å². The second-order valence-electron chi connectivity index (χ2n) is 6.18. The van der Waals surface area contributed by atoms with Gasteiger partial charge in [0.25, 0.3) is 0 Å². The number of carbonyl (C=O) groups is 1. The number of guanidine groups is 1. The molecule has 0 heterocycles. The van der Waals surface area contributed by atoms with Gasteiger partial charge < -0.3 is 20.7 Å². The molecule has 1 aliphatic rings. The van der Waals surface area contributed by atoms with Crippen molar-refractivity contribution in [1.82, 2.24) is 16.0 Å². The van der Waals surface area contributed by atoms with Crippen molar-refractivity contribution in [2.24, 2.45) is 10.9 Å². The van der Waals surface area contributed by atoms with Gasteiger partial charge in [-0.1, -0.05) is 23.7 Å². The van der Waals surface area contributed by atoms with Crippen LogP contribution in [0, 0.1) is 5.92 Å². The van der Waals surface area contributed by atoms with Crippen LogP contribution in [0.4, 0.5) is 4.79 Å². The van der Waals surface area contributed by atoms with Crippen molar-refractivity contribution in [3.05, 3.63) is 34.9 Å². The standard InChI is InChI=1S/C18H27ClN4O2/c1-4-25-18(24)23-16(14-5-6-14)11-21-17(20-3)22-12(2)13-7-9-15(19)10-8-13/h7-10,12,14,16H,4-6,11H2,1-3H3,(H,23,24)(H2,20,21,22). The highest BCUT2D eigenvalue weighted by Crippen LogP contribution is 2.32. The Hall–Kier alpha value is -1.95. The van der Waals surface area contributed by atoms with E-state index in [2.05, 4.69) is 27.9 Å². The molecule has 6 nitrogen and oxygen atoms in total. The number of nitrogens with zero attached hydrogens (tertiary/aromatic N) is 1. The van der Waals surface area contributed by atoms with Gasteiger partial charge in [0.2, 0.25) is 0 Å². The summed E-state index contributed by atoms with van der Waals surface area (Å²) in [6.45, 7) is 4.84. The summed E-state index contributed by atoms with van der Waals surface area (Å²) in [7, 11) is 1.73. The smallest absolute Gasteiger partial charge is 0.407 e.